The van der Waals surface area contributed by atoms with Crippen molar-refractivity contribution in [2.24, 2.45) is 0 Å². The molecule has 0 saturated heterocycles. The Labute approximate surface area is 104 Å². The second-order valence-corrected chi connectivity index (χ2v) is 4.47. The summed E-state index contributed by atoms with van der Waals surface area (Å²) in [7, 11) is 0. The largest absolute Gasteiger partial charge is 0.298 e. The van der Waals surface area contributed by atoms with Gasteiger partial charge >= 0.3 is 0 Å². The van der Waals surface area contributed by atoms with Crippen LogP contribution in [0, 0.1) is 5.82 Å². The number of hydrogen-bond acceptors (Lipinski definition) is 2. The molecule has 0 aliphatic heterocycles. The van der Waals surface area contributed by atoms with Crippen molar-refractivity contribution >= 4 is 18.0 Å². The number of carbonyl (C=O) groups excluding carboxylic acids is 1. The highest BCUT2D eigenvalue weighted by Crippen LogP contribution is 2.26. The quantitative estimate of drug-likeness (QED) is 0.601. The molecule has 0 aromatic heterocycles. The normalized spacial score (nSPS) is 10.2. The number of hydrogen-bond donors (Lipinski definition) is 0. The predicted octanol–water partition coefficient (Wildman–Crippen LogP) is 4.03. The molecule has 2 aromatic carbocycles. The summed E-state index contributed by atoms with van der Waals surface area (Å²) in [5.41, 5.74) is 1.70. The topological polar surface area (TPSA) is 17.1 Å². The maximum absolute atomic E-state index is 13.8. The first-order valence-electron chi connectivity index (χ1n) is 5.14. The Hall–Kier alpha value is -1.61. The highest BCUT2D eigenvalue weighted by molar-refractivity contribution is 7.98. The molecule has 0 saturated carbocycles. The summed E-state index contributed by atoms with van der Waals surface area (Å²) in [6.45, 7) is 0. The monoisotopic (exact) mass is 246 g/mol. The first-order chi connectivity index (χ1) is 8.24. The zero-order valence-corrected chi connectivity index (χ0v) is 10.1. The average molecular weight is 246 g/mol. The molecular weight excluding hydrogens is 235 g/mol. The van der Waals surface area contributed by atoms with Gasteiger partial charge in [-0.3, -0.25) is 4.79 Å². The Balaban J connectivity index is 2.48. The molecule has 2 rings (SSSR count). The third-order valence-electron chi connectivity index (χ3n) is 2.51. The fourth-order valence-corrected chi connectivity index (χ4v) is 2.09. The van der Waals surface area contributed by atoms with Gasteiger partial charge in [-0.2, -0.15) is 0 Å². The Morgan fingerprint density at radius 2 is 2.00 bits per heavy atom. The lowest BCUT2D eigenvalue weighted by Crippen LogP contribution is -1.88. The van der Waals surface area contributed by atoms with E-state index in [2.05, 4.69) is 0 Å². The third kappa shape index (κ3) is 2.56. The number of carbonyl (C=O) groups is 1. The van der Waals surface area contributed by atoms with Gasteiger partial charge in [-0.15, -0.1) is 11.8 Å². The van der Waals surface area contributed by atoms with Crippen LogP contribution in [0.2, 0.25) is 0 Å². The van der Waals surface area contributed by atoms with E-state index in [4.69, 9.17) is 0 Å². The highest BCUT2D eigenvalue weighted by atomic mass is 32.2. The van der Waals surface area contributed by atoms with Gasteiger partial charge in [-0.1, -0.05) is 24.3 Å². The first-order valence-corrected chi connectivity index (χ1v) is 6.36. The number of aldehydes is 1. The number of thioether (sulfide) groups is 1. The maximum atomic E-state index is 13.8. The van der Waals surface area contributed by atoms with E-state index in [1.54, 1.807) is 23.9 Å². The van der Waals surface area contributed by atoms with E-state index in [1.807, 2.05) is 30.5 Å². The van der Waals surface area contributed by atoms with Crippen LogP contribution in [0.4, 0.5) is 4.39 Å². The van der Waals surface area contributed by atoms with Crippen LogP contribution in [-0.4, -0.2) is 12.5 Å². The zero-order valence-electron chi connectivity index (χ0n) is 9.31. The molecular formula is C14H11FOS. The summed E-state index contributed by atoms with van der Waals surface area (Å²) in [6.07, 6.45) is 2.62. The minimum atomic E-state index is -0.368. The summed E-state index contributed by atoms with van der Waals surface area (Å²) in [5, 5.41) is 0. The van der Waals surface area contributed by atoms with Gasteiger partial charge in [-0.05, 0) is 30.0 Å². The van der Waals surface area contributed by atoms with Crippen molar-refractivity contribution in [3.63, 3.8) is 0 Å². The van der Waals surface area contributed by atoms with Crippen LogP contribution in [-0.2, 0) is 0 Å². The molecule has 2 aromatic rings. The van der Waals surface area contributed by atoms with Crippen LogP contribution < -0.4 is 0 Å². The van der Waals surface area contributed by atoms with Gasteiger partial charge in [0.1, 0.15) is 12.1 Å². The number of benzene rings is 2. The smallest absolute Gasteiger partial charge is 0.150 e. The maximum Gasteiger partial charge on any atom is 0.150 e. The molecule has 0 N–H and O–H groups in total. The van der Waals surface area contributed by atoms with E-state index < -0.39 is 0 Å². The van der Waals surface area contributed by atoms with Crippen LogP contribution in [0.3, 0.4) is 0 Å². The first kappa shape index (κ1) is 11.9. The van der Waals surface area contributed by atoms with Crippen molar-refractivity contribution < 1.29 is 9.18 Å². The minimum absolute atomic E-state index is 0.354. The molecule has 86 valence electrons. The van der Waals surface area contributed by atoms with Gasteiger partial charge in [-0.25, -0.2) is 4.39 Å². The molecule has 0 spiro atoms. The van der Waals surface area contributed by atoms with E-state index in [-0.39, 0.29) is 5.82 Å². The van der Waals surface area contributed by atoms with E-state index >= 15 is 0 Å². The molecule has 0 radical (unpaired) electrons. The molecule has 17 heavy (non-hydrogen) atoms. The third-order valence-corrected chi connectivity index (χ3v) is 3.24. The minimum Gasteiger partial charge on any atom is -0.298 e. The highest BCUT2D eigenvalue weighted by Gasteiger charge is 2.06. The Morgan fingerprint density at radius 3 is 2.65 bits per heavy atom. The van der Waals surface area contributed by atoms with Gasteiger partial charge < -0.3 is 0 Å². The summed E-state index contributed by atoms with van der Waals surface area (Å²) in [5.74, 6) is -0.368. The van der Waals surface area contributed by atoms with Gasteiger partial charge in [0.15, 0.2) is 0 Å². The molecule has 0 amide bonds. The van der Waals surface area contributed by atoms with Crippen LogP contribution in [0.15, 0.2) is 47.4 Å². The van der Waals surface area contributed by atoms with Crippen LogP contribution in [0.5, 0.6) is 0 Å². The Morgan fingerprint density at radius 1 is 1.18 bits per heavy atom. The summed E-state index contributed by atoms with van der Waals surface area (Å²) in [6, 6.07) is 12.2. The second kappa shape index (κ2) is 5.15. The lowest BCUT2D eigenvalue weighted by Gasteiger charge is -2.05. The fourth-order valence-electron chi connectivity index (χ4n) is 1.63. The molecule has 1 nitrogen and oxygen atoms in total. The molecule has 0 heterocycles. The van der Waals surface area contributed by atoms with Gasteiger partial charge in [0, 0.05) is 16.0 Å². The molecule has 3 heteroatoms. The molecule has 0 fully saturated rings. The second-order valence-electron chi connectivity index (χ2n) is 3.59. The van der Waals surface area contributed by atoms with Crippen molar-refractivity contribution in [3.8, 4) is 11.1 Å². The van der Waals surface area contributed by atoms with Crippen LogP contribution in [0.25, 0.3) is 11.1 Å². The SMILES string of the molecule is CSc1cccc(-c2ccc(C=O)cc2F)c1. The van der Waals surface area contributed by atoms with Gasteiger partial charge in [0.05, 0.1) is 0 Å². The predicted molar refractivity (Wildman–Crippen MR) is 69.0 cm³/mol. The fraction of sp³-hybridized carbons (Fsp3) is 0.0714. The Bertz CT molecular complexity index is 552. The van der Waals surface area contributed by atoms with E-state index in [9.17, 15) is 9.18 Å². The number of halogens is 1. The van der Waals surface area contributed by atoms with Crippen LogP contribution >= 0.6 is 11.8 Å². The van der Waals surface area contributed by atoms with E-state index in [1.165, 1.54) is 6.07 Å². The molecule has 0 unspecified atom stereocenters. The van der Waals surface area contributed by atoms with Gasteiger partial charge in [0.2, 0.25) is 0 Å². The van der Waals surface area contributed by atoms with E-state index in [0.29, 0.717) is 17.4 Å². The molecule has 0 atom stereocenters. The standard InChI is InChI=1S/C14H11FOS/c1-17-12-4-2-3-11(8-12)13-6-5-10(9-16)7-14(13)15/h2-9H,1H3. The zero-order chi connectivity index (χ0) is 12.3. The lowest BCUT2D eigenvalue weighted by molar-refractivity contribution is 0.112. The molecule has 0 aliphatic carbocycles. The summed E-state index contributed by atoms with van der Waals surface area (Å²) < 4.78 is 13.8. The average Bonchev–Trinajstić information content (AvgIpc) is 2.38. The molecule has 0 aliphatic rings. The summed E-state index contributed by atoms with van der Waals surface area (Å²) in [4.78, 5) is 11.6. The van der Waals surface area contributed by atoms with Crippen molar-refractivity contribution in [3.05, 3.63) is 53.8 Å². The van der Waals surface area contributed by atoms with Crippen LogP contribution in [0.1, 0.15) is 10.4 Å². The van der Waals surface area contributed by atoms with Crippen molar-refractivity contribution in [2.75, 3.05) is 6.26 Å². The lowest BCUT2D eigenvalue weighted by atomic mass is 10.0. The van der Waals surface area contributed by atoms with Crippen molar-refractivity contribution in [2.45, 2.75) is 4.90 Å². The van der Waals surface area contributed by atoms with Crippen molar-refractivity contribution in [1.82, 2.24) is 0 Å². The van der Waals surface area contributed by atoms with Crippen molar-refractivity contribution in [1.29, 1.82) is 0 Å². The Kier molecular flexibility index (Phi) is 3.59. The molecule has 0 bridgehead atoms. The summed E-state index contributed by atoms with van der Waals surface area (Å²) >= 11 is 1.61. The van der Waals surface area contributed by atoms with E-state index in [0.717, 1.165) is 10.5 Å². The van der Waals surface area contributed by atoms with Gasteiger partial charge in [0.25, 0.3) is 0 Å². The number of rotatable bonds is 3.